The van der Waals surface area contributed by atoms with E-state index in [9.17, 15) is 19.2 Å². The number of carbonyl (C=O) groups excluding carboxylic acids is 4. The van der Waals surface area contributed by atoms with Gasteiger partial charge in [-0.05, 0) is 54.8 Å². The van der Waals surface area contributed by atoms with Gasteiger partial charge in [-0.2, -0.15) is 0 Å². The van der Waals surface area contributed by atoms with Crippen LogP contribution in [0.5, 0.6) is 5.75 Å². The summed E-state index contributed by atoms with van der Waals surface area (Å²) in [6.45, 7) is 19.2. The Kier molecular flexibility index (Phi) is 12.6. The lowest BCUT2D eigenvalue weighted by atomic mass is 9.61. The second-order valence-electron chi connectivity index (χ2n) is 15.1. The number of amides is 4. The number of hydrogen-bond donors (Lipinski definition) is 4. The van der Waals surface area contributed by atoms with Crippen LogP contribution in [0.2, 0.25) is 0 Å². The van der Waals surface area contributed by atoms with Crippen LogP contribution >= 0.6 is 0 Å². The normalized spacial score (nSPS) is 15.4. The molecule has 5 N–H and O–H groups in total. The monoisotopic (exact) mass is 715 g/mol. The number of carbonyl (C=O) groups is 4. The van der Waals surface area contributed by atoms with Gasteiger partial charge in [-0.3, -0.25) is 33.9 Å². The molecule has 2 heterocycles. The second kappa shape index (κ2) is 16.5. The molecule has 1 aromatic heterocycles. The van der Waals surface area contributed by atoms with Crippen molar-refractivity contribution in [2.75, 3.05) is 32.8 Å². The van der Waals surface area contributed by atoms with E-state index in [1.54, 1.807) is 48.5 Å². The number of likely N-dealkylation sites (tertiary alicyclic amines) is 1. The zero-order chi connectivity index (χ0) is 38.3. The summed E-state index contributed by atoms with van der Waals surface area (Å²) in [6, 6.07) is 12.2. The van der Waals surface area contributed by atoms with Gasteiger partial charge in [0.2, 0.25) is 11.8 Å². The van der Waals surface area contributed by atoms with Crippen LogP contribution in [0.15, 0.2) is 54.7 Å². The molecule has 4 rings (SSSR count). The van der Waals surface area contributed by atoms with Gasteiger partial charge < -0.3 is 26.4 Å². The van der Waals surface area contributed by atoms with E-state index in [1.807, 2.05) is 41.5 Å². The van der Waals surface area contributed by atoms with E-state index in [2.05, 4.69) is 25.8 Å². The average Bonchev–Trinajstić information content (AvgIpc) is 3.60. The van der Waals surface area contributed by atoms with Crippen molar-refractivity contribution < 1.29 is 28.3 Å². The smallest absolute Gasteiger partial charge is 0.300 e. The summed E-state index contributed by atoms with van der Waals surface area (Å²) in [5, 5.41) is 8.62. The Bertz CT molecular complexity index is 1800. The molecule has 0 bridgehead atoms. The lowest BCUT2D eigenvalue weighted by Gasteiger charge is -2.47. The van der Waals surface area contributed by atoms with Crippen molar-refractivity contribution in [1.82, 2.24) is 25.8 Å². The number of nitrogens with one attached hydrogen (secondary N) is 3. The fraction of sp³-hybridized carbons (Fsp3) is 0.487. The molecule has 0 aliphatic carbocycles. The third-order valence-electron chi connectivity index (χ3n) is 9.37. The van der Waals surface area contributed by atoms with E-state index in [-0.39, 0.29) is 32.1 Å². The molecule has 0 spiro atoms. The van der Waals surface area contributed by atoms with Crippen LogP contribution in [0.3, 0.4) is 0 Å². The molecule has 3 aromatic rings. The minimum absolute atomic E-state index is 0.0884. The molecule has 1 saturated heterocycles. The Balaban J connectivity index is 1.22. The molecule has 1 aliphatic rings. The molecule has 1 aliphatic heterocycles. The third-order valence-corrected chi connectivity index (χ3v) is 9.37. The van der Waals surface area contributed by atoms with Gasteiger partial charge in [0.1, 0.15) is 17.5 Å². The minimum Gasteiger partial charge on any atom is -0.494 e. The van der Waals surface area contributed by atoms with Crippen molar-refractivity contribution in [3.63, 3.8) is 0 Å². The molecule has 12 nitrogen and oxygen atoms in total. The Labute approximate surface area is 304 Å². The fourth-order valence-electron chi connectivity index (χ4n) is 6.78. The number of fused-ring (bicyclic) bond motifs is 1. The van der Waals surface area contributed by atoms with Crippen LogP contribution < -0.4 is 26.4 Å². The Hall–Kier alpha value is -5.09. The highest BCUT2D eigenvalue weighted by molar-refractivity contribution is 6.07. The van der Waals surface area contributed by atoms with Gasteiger partial charge in [-0.25, -0.2) is 11.0 Å². The van der Waals surface area contributed by atoms with Crippen LogP contribution in [0, 0.1) is 17.4 Å². The van der Waals surface area contributed by atoms with Gasteiger partial charge in [-0.1, -0.05) is 53.7 Å². The number of alkyl halides is 1. The summed E-state index contributed by atoms with van der Waals surface area (Å²) >= 11 is 0. The molecular formula is C39H50FN7O5. The van der Waals surface area contributed by atoms with Crippen LogP contribution in [0.1, 0.15) is 87.1 Å². The number of pyridine rings is 1. The summed E-state index contributed by atoms with van der Waals surface area (Å²) < 4.78 is 22.3. The lowest BCUT2D eigenvalue weighted by Crippen LogP contribution is -2.48. The number of nitrogens with zero attached hydrogens (tertiary/aromatic N) is 3. The third kappa shape index (κ3) is 9.03. The summed E-state index contributed by atoms with van der Waals surface area (Å²) in [4.78, 5) is 60.3. The molecule has 52 heavy (non-hydrogen) atoms. The van der Waals surface area contributed by atoms with Crippen molar-refractivity contribution in [2.45, 2.75) is 78.7 Å². The predicted octanol–water partition coefficient (Wildman–Crippen LogP) is 4.73. The summed E-state index contributed by atoms with van der Waals surface area (Å²) in [7, 11) is 0. The van der Waals surface area contributed by atoms with Gasteiger partial charge >= 0.3 is 6.17 Å². The highest BCUT2D eigenvalue weighted by Gasteiger charge is 2.52. The van der Waals surface area contributed by atoms with E-state index in [0.29, 0.717) is 52.7 Å². The maximum atomic E-state index is 16.4. The first-order chi connectivity index (χ1) is 24.5. The number of nitrogens with two attached hydrogens (primary N) is 1. The predicted molar refractivity (Wildman–Crippen MR) is 197 cm³/mol. The lowest BCUT2D eigenvalue weighted by molar-refractivity contribution is -0.130. The van der Waals surface area contributed by atoms with Gasteiger partial charge in [0, 0.05) is 54.0 Å². The average molecular weight is 716 g/mol. The molecule has 13 heteroatoms. The highest BCUT2D eigenvalue weighted by Crippen LogP contribution is 2.54. The van der Waals surface area contributed by atoms with Gasteiger partial charge in [0.05, 0.1) is 24.2 Å². The summed E-state index contributed by atoms with van der Waals surface area (Å²) in [6.07, 6.45) is 2.90. The SMILES string of the molecule is [C-]#[N+]C1CCCN1C(=O)CNC(=O)c1ccnc2ccc(OCCCNC(=O)[C@H](N)CNC(=O)c3ccc(C(F)(C(C)(C)C)C(C)(C)C)cc3)cc12. The first kappa shape index (κ1) is 39.7. The molecular weight excluding hydrogens is 665 g/mol. The van der Waals surface area contributed by atoms with E-state index in [0.717, 1.165) is 6.42 Å². The zero-order valence-electron chi connectivity index (χ0n) is 30.8. The van der Waals surface area contributed by atoms with Crippen LogP contribution in [-0.4, -0.2) is 78.5 Å². The molecule has 0 saturated carbocycles. The number of hydrogen-bond acceptors (Lipinski definition) is 7. The largest absolute Gasteiger partial charge is 0.494 e. The van der Waals surface area contributed by atoms with E-state index in [1.165, 1.54) is 11.1 Å². The van der Waals surface area contributed by atoms with Crippen molar-refractivity contribution in [2.24, 2.45) is 16.6 Å². The number of benzene rings is 2. The van der Waals surface area contributed by atoms with Gasteiger partial charge in [0.25, 0.3) is 11.8 Å². The standard InChI is InChI=1S/C39H50FN7O5/c1-37(2,3)39(40,38(4,5)6)26-13-11-25(12-14-26)34(49)45-23-30(41)36(51)44-18-9-21-52-27-15-16-31-29(22-27)28(17-19-43-31)35(50)46-24-33(48)47-20-8-10-32(47)42-7/h11-17,19,22,30,32H,8-10,18,20-21,23-24,41H2,1-6H3,(H,44,51)(H,45,49)(H,46,50)/t30-,32?/m1/s1. The van der Waals surface area contributed by atoms with Crippen molar-refractivity contribution >= 4 is 34.5 Å². The van der Waals surface area contributed by atoms with Crippen LogP contribution in [-0.2, 0) is 15.3 Å². The zero-order valence-corrected chi connectivity index (χ0v) is 30.8. The summed E-state index contributed by atoms with van der Waals surface area (Å²) in [5.41, 5.74) is 4.76. The van der Waals surface area contributed by atoms with Crippen molar-refractivity contribution in [3.8, 4) is 5.75 Å². The topological polar surface area (TPSA) is 160 Å². The number of aromatic nitrogens is 1. The van der Waals surface area contributed by atoms with Gasteiger partial charge in [0.15, 0.2) is 0 Å². The fourth-order valence-corrected chi connectivity index (χ4v) is 6.78. The molecule has 2 aromatic carbocycles. The Morgan fingerprint density at radius 3 is 2.35 bits per heavy atom. The minimum atomic E-state index is -1.64. The quantitative estimate of drug-likeness (QED) is 0.147. The van der Waals surface area contributed by atoms with E-state index in [4.69, 9.17) is 17.0 Å². The van der Waals surface area contributed by atoms with E-state index < -0.39 is 46.4 Å². The van der Waals surface area contributed by atoms with Crippen LogP contribution in [0.25, 0.3) is 15.7 Å². The molecule has 2 atom stereocenters. The van der Waals surface area contributed by atoms with Crippen LogP contribution in [0.4, 0.5) is 4.39 Å². The van der Waals surface area contributed by atoms with Crippen molar-refractivity contribution in [1.29, 1.82) is 0 Å². The maximum Gasteiger partial charge on any atom is 0.300 e. The second-order valence-corrected chi connectivity index (χ2v) is 15.1. The molecule has 278 valence electrons. The number of rotatable bonds is 13. The number of ether oxygens (including phenoxy) is 1. The van der Waals surface area contributed by atoms with E-state index >= 15 is 4.39 Å². The first-order valence-corrected chi connectivity index (χ1v) is 17.5. The summed E-state index contributed by atoms with van der Waals surface area (Å²) in [5.74, 6) is -1.10. The molecule has 0 radical (unpaired) electrons. The highest BCUT2D eigenvalue weighted by atomic mass is 19.1. The number of halogens is 1. The first-order valence-electron chi connectivity index (χ1n) is 17.5. The molecule has 1 unspecified atom stereocenters. The van der Waals surface area contributed by atoms with Gasteiger partial charge in [-0.15, -0.1) is 0 Å². The maximum absolute atomic E-state index is 16.4. The van der Waals surface area contributed by atoms with Crippen molar-refractivity contribution in [3.05, 3.63) is 82.8 Å². The Morgan fingerprint density at radius 1 is 1.00 bits per heavy atom. The Morgan fingerprint density at radius 2 is 1.69 bits per heavy atom. The molecule has 4 amide bonds. The molecule has 1 fully saturated rings.